The summed E-state index contributed by atoms with van der Waals surface area (Å²) in [6.07, 6.45) is 3.64. The quantitative estimate of drug-likeness (QED) is 0.783. The van der Waals surface area contributed by atoms with Gasteiger partial charge >= 0.3 is 6.61 Å². The summed E-state index contributed by atoms with van der Waals surface area (Å²) in [6, 6.07) is 4.69. The molecule has 0 radical (unpaired) electrons. The fourth-order valence-electron chi connectivity index (χ4n) is 1.60. The highest BCUT2D eigenvalue weighted by molar-refractivity contribution is 5.87. The fourth-order valence-corrected chi connectivity index (χ4v) is 1.60. The van der Waals surface area contributed by atoms with Crippen molar-refractivity contribution in [3.05, 3.63) is 35.9 Å². The zero-order valence-corrected chi connectivity index (χ0v) is 11.4. The maximum atomic E-state index is 12.2. The number of carbonyl (C=O) groups is 1. The highest BCUT2D eigenvalue weighted by Gasteiger charge is 2.10. The van der Waals surface area contributed by atoms with Crippen LogP contribution in [0.1, 0.15) is 12.5 Å². The van der Waals surface area contributed by atoms with E-state index in [0.717, 1.165) is 5.56 Å². The number of amides is 1. The molecule has 4 nitrogen and oxygen atoms in total. The van der Waals surface area contributed by atoms with E-state index in [1.54, 1.807) is 25.1 Å². The number of hydrogen-bond donors (Lipinski definition) is 1. The lowest BCUT2D eigenvalue weighted by Gasteiger charge is -2.11. The summed E-state index contributed by atoms with van der Waals surface area (Å²) < 4.78 is 33.7. The van der Waals surface area contributed by atoms with Gasteiger partial charge in [-0.2, -0.15) is 8.78 Å². The van der Waals surface area contributed by atoms with E-state index in [9.17, 15) is 13.6 Å². The number of methoxy groups -OCH3 is 1. The molecule has 0 heterocycles. The number of ether oxygens (including phenoxy) is 2. The number of halogens is 2. The molecule has 0 aliphatic carbocycles. The largest absolute Gasteiger partial charge is 0.493 e. The molecule has 1 rings (SSSR count). The first-order valence-corrected chi connectivity index (χ1v) is 6.09. The summed E-state index contributed by atoms with van der Waals surface area (Å²) in [5, 5.41) is 2.70. The van der Waals surface area contributed by atoms with E-state index in [2.05, 4.69) is 10.1 Å². The van der Waals surface area contributed by atoms with Gasteiger partial charge in [0.05, 0.1) is 7.11 Å². The standard InChI is InChI=1S/C14H17F2NO3/c1-3-4-13(18)17-8-7-10-5-6-11(20-14(15)16)12(9-10)19-2/h3-6,9,14H,7-8H2,1-2H3,(H,17,18)/b4-3+. The normalized spacial score (nSPS) is 10.8. The van der Waals surface area contributed by atoms with Gasteiger partial charge in [0, 0.05) is 6.54 Å². The third kappa shape index (κ3) is 5.26. The van der Waals surface area contributed by atoms with Crippen LogP contribution in [0.3, 0.4) is 0 Å². The fraction of sp³-hybridized carbons (Fsp3) is 0.357. The molecule has 110 valence electrons. The lowest BCUT2D eigenvalue weighted by Crippen LogP contribution is -2.23. The molecule has 1 N–H and O–H groups in total. The Kier molecular flexibility index (Phi) is 6.49. The van der Waals surface area contributed by atoms with Crippen LogP contribution in [-0.2, 0) is 11.2 Å². The predicted molar refractivity (Wildman–Crippen MR) is 71.2 cm³/mol. The van der Waals surface area contributed by atoms with Crippen LogP contribution in [0.4, 0.5) is 8.78 Å². The molecule has 0 spiro atoms. The van der Waals surface area contributed by atoms with Crippen LogP contribution in [0.2, 0.25) is 0 Å². The summed E-state index contributed by atoms with van der Waals surface area (Å²) in [5.41, 5.74) is 0.851. The number of nitrogens with one attached hydrogen (secondary N) is 1. The number of allylic oxidation sites excluding steroid dienone is 1. The van der Waals surface area contributed by atoms with Crippen molar-refractivity contribution in [3.8, 4) is 11.5 Å². The topological polar surface area (TPSA) is 47.6 Å². The van der Waals surface area contributed by atoms with Crippen LogP contribution < -0.4 is 14.8 Å². The molecule has 1 amide bonds. The molecule has 0 fully saturated rings. The molecule has 6 heteroatoms. The molecule has 0 aliphatic rings. The Balaban J connectivity index is 2.61. The molecule has 0 bridgehead atoms. The Labute approximate surface area is 116 Å². The molecule has 0 aromatic heterocycles. The zero-order valence-electron chi connectivity index (χ0n) is 11.4. The Morgan fingerprint density at radius 2 is 2.15 bits per heavy atom. The van der Waals surface area contributed by atoms with Crippen molar-refractivity contribution in [3.63, 3.8) is 0 Å². The Morgan fingerprint density at radius 1 is 1.40 bits per heavy atom. The van der Waals surface area contributed by atoms with Crippen LogP contribution in [0.25, 0.3) is 0 Å². The highest BCUT2D eigenvalue weighted by atomic mass is 19.3. The van der Waals surface area contributed by atoms with E-state index in [0.29, 0.717) is 13.0 Å². The highest BCUT2D eigenvalue weighted by Crippen LogP contribution is 2.29. The van der Waals surface area contributed by atoms with E-state index < -0.39 is 6.61 Å². The van der Waals surface area contributed by atoms with Crippen LogP contribution in [-0.4, -0.2) is 26.2 Å². The maximum absolute atomic E-state index is 12.2. The van der Waals surface area contributed by atoms with E-state index in [1.807, 2.05) is 0 Å². The van der Waals surface area contributed by atoms with Crippen LogP contribution in [0, 0.1) is 0 Å². The molecule has 1 aromatic rings. The van der Waals surface area contributed by atoms with Gasteiger partial charge in [-0.25, -0.2) is 0 Å². The molecule has 20 heavy (non-hydrogen) atoms. The second kappa shape index (κ2) is 8.14. The van der Waals surface area contributed by atoms with Gasteiger partial charge in [0.1, 0.15) is 0 Å². The lowest BCUT2D eigenvalue weighted by molar-refractivity contribution is -0.116. The molecule has 0 saturated carbocycles. The second-order valence-electron chi connectivity index (χ2n) is 3.90. The minimum absolute atomic E-state index is 0.01000. The zero-order chi connectivity index (χ0) is 15.0. The monoisotopic (exact) mass is 285 g/mol. The first-order valence-electron chi connectivity index (χ1n) is 6.09. The summed E-state index contributed by atoms with van der Waals surface area (Å²) in [4.78, 5) is 11.2. The van der Waals surface area contributed by atoms with Crippen molar-refractivity contribution in [1.29, 1.82) is 0 Å². The SMILES string of the molecule is C/C=C/C(=O)NCCc1ccc(OC(F)F)c(OC)c1. The third-order valence-electron chi connectivity index (χ3n) is 2.48. The van der Waals surface area contributed by atoms with Crippen LogP contribution in [0.5, 0.6) is 11.5 Å². The Hall–Kier alpha value is -2.11. The molecular weight excluding hydrogens is 268 g/mol. The Morgan fingerprint density at radius 3 is 2.75 bits per heavy atom. The summed E-state index contributed by atoms with van der Waals surface area (Å²) >= 11 is 0. The van der Waals surface area contributed by atoms with E-state index in [-0.39, 0.29) is 17.4 Å². The predicted octanol–water partition coefficient (Wildman–Crippen LogP) is 2.53. The van der Waals surface area contributed by atoms with Gasteiger partial charge in [0.25, 0.3) is 0 Å². The van der Waals surface area contributed by atoms with Gasteiger partial charge < -0.3 is 14.8 Å². The molecular formula is C14H17F2NO3. The molecule has 1 aromatic carbocycles. The minimum Gasteiger partial charge on any atom is -0.493 e. The van der Waals surface area contributed by atoms with Gasteiger partial charge in [-0.1, -0.05) is 12.1 Å². The maximum Gasteiger partial charge on any atom is 0.387 e. The molecule has 0 unspecified atom stereocenters. The first kappa shape index (κ1) is 15.9. The molecule has 0 atom stereocenters. The van der Waals surface area contributed by atoms with Crippen molar-refractivity contribution >= 4 is 5.91 Å². The minimum atomic E-state index is -2.89. The first-order chi connectivity index (χ1) is 9.56. The van der Waals surface area contributed by atoms with Crippen LogP contribution in [0.15, 0.2) is 30.4 Å². The van der Waals surface area contributed by atoms with Crippen molar-refractivity contribution < 1.29 is 23.0 Å². The number of hydrogen-bond acceptors (Lipinski definition) is 3. The second-order valence-corrected chi connectivity index (χ2v) is 3.90. The van der Waals surface area contributed by atoms with Crippen molar-refractivity contribution in [2.45, 2.75) is 20.0 Å². The van der Waals surface area contributed by atoms with Crippen molar-refractivity contribution in [2.75, 3.05) is 13.7 Å². The van der Waals surface area contributed by atoms with Gasteiger partial charge in [-0.15, -0.1) is 0 Å². The Bertz CT molecular complexity index is 475. The number of rotatable bonds is 7. The number of alkyl halides is 2. The van der Waals surface area contributed by atoms with E-state index >= 15 is 0 Å². The number of benzene rings is 1. The van der Waals surface area contributed by atoms with Crippen molar-refractivity contribution in [2.24, 2.45) is 0 Å². The lowest BCUT2D eigenvalue weighted by atomic mass is 10.1. The average molecular weight is 285 g/mol. The number of carbonyl (C=O) groups excluding carboxylic acids is 1. The van der Waals surface area contributed by atoms with Gasteiger partial charge in [-0.3, -0.25) is 4.79 Å². The smallest absolute Gasteiger partial charge is 0.387 e. The average Bonchev–Trinajstić information content (AvgIpc) is 2.40. The summed E-state index contributed by atoms with van der Waals surface area (Å²) in [6.45, 7) is -0.692. The van der Waals surface area contributed by atoms with Gasteiger partial charge in [0.15, 0.2) is 11.5 Å². The van der Waals surface area contributed by atoms with E-state index in [4.69, 9.17) is 4.74 Å². The molecule has 0 saturated heterocycles. The third-order valence-corrected chi connectivity index (χ3v) is 2.48. The molecule has 0 aliphatic heterocycles. The van der Waals surface area contributed by atoms with Crippen molar-refractivity contribution in [1.82, 2.24) is 5.32 Å². The van der Waals surface area contributed by atoms with Crippen LogP contribution >= 0.6 is 0 Å². The van der Waals surface area contributed by atoms with E-state index in [1.165, 1.54) is 19.3 Å². The van der Waals surface area contributed by atoms with Gasteiger partial charge in [-0.05, 0) is 37.1 Å². The summed E-state index contributed by atoms with van der Waals surface area (Å²) in [5.74, 6) is 0.0592. The summed E-state index contributed by atoms with van der Waals surface area (Å²) in [7, 11) is 1.38. The van der Waals surface area contributed by atoms with Gasteiger partial charge in [0.2, 0.25) is 5.91 Å².